The third-order valence-corrected chi connectivity index (χ3v) is 5.59. The number of ether oxygens (including phenoxy) is 3. The van der Waals surface area contributed by atoms with E-state index in [1.165, 1.54) is 0 Å². The number of halogens is 1. The van der Waals surface area contributed by atoms with E-state index in [0.717, 1.165) is 48.4 Å². The van der Waals surface area contributed by atoms with Gasteiger partial charge in [-0.25, -0.2) is 4.79 Å². The SMILES string of the molecule is Cc1cc(OC/C=C\C(C#CCN2CCOCC2)c2ccc(Br)cc2)ccc1OCC(=O)O. The van der Waals surface area contributed by atoms with Crippen molar-refractivity contribution in [3.8, 4) is 23.3 Å². The number of rotatable bonds is 9. The van der Waals surface area contributed by atoms with Crippen molar-refractivity contribution in [3.05, 3.63) is 70.2 Å². The van der Waals surface area contributed by atoms with E-state index in [0.29, 0.717) is 18.1 Å². The molecule has 33 heavy (non-hydrogen) atoms. The minimum atomic E-state index is -1.01. The van der Waals surface area contributed by atoms with Gasteiger partial charge in [0.25, 0.3) is 0 Å². The maximum Gasteiger partial charge on any atom is 0.341 e. The smallest absolute Gasteiger partial charge is 0.341 e. The molecule has 0 spiro atoms. The van der Waals surface area contributed by atoms with Crippen LogP contribution in [-0.2, 0) is 9.53 Å². The lowest BCUT2D eigenvalue weighted by molar-refractivity contribution is -0.139. The molecule has 7 heteroatoms. The quantitative estimate of drug-likeness (QED) is 0.398. The van der Waals surface area contributed by atoms with Gasteiger partial charge in [-0.05, 0) is 54.5 Å². The van der Waals surface area contributed by atoms with Gasteiger partial charge in [0, 0.05) is 17.6 Å². The van der Waals surface area contributed by atoms with Crippen LogP contribution in [0, 0.1) is 18.8 Å². The maximum absolute atomic E-state index is 10.7. The van der Waals surface area contributed by atoms with Gasteiger partial charge in [0.1, 0.15) is 18.1 Å². The third kappa shape index (κ3) is 8.58. The third-order valence-electron chi connectivity index (χ3n) is 5.07. The molecule has 0 aliphatic carbocycles. The Balaban J connectivity index is 1.59. The Labute approximate surface area is 203 Å². The number of aliphatic carboxylic acids is 1. The average molecular weight is 514 g/mol. The van der Waals surface area contributed by atoms with E-state index >= 15 is 0 Å². The first-order valence-electron chi connectivity index (χ1n) is 10.8. The minimum absolute atomic E-state index is 0.0312. The lowest BCUT2D eigenvalue weighted by atomic mass is 9.99. The molecule has 2 aromatic carbocycles. The molecule has 2 aromatic rings. The van der Waals surface area contributed by atoms with Gasteiger partial charge in [0.2, 0.25) is 0 Å². The Morgan fingerprint density at radius 1 is 1.21 bits per heavy atom. The van der Waals surface area contributed by atoms with Gasteiger partial charge >= 0.3 is 5.97 Å². The second-order valence-corrected chi connectivity index (χ2v) is 8.50. The topological polar surface area (TPSA) is 68.2 Å². The lowest BCUT2D eigenvalue weighted by Crippen LogP contribution is -2.36. The average Bonchev–Trinajstić information content (AvgIpc) is 2.81. The first-order chi connectivity index (χ1) is 16.0. The van der Waals surface area contributed by atoms with Crippen LogP contribution in [-0.4, -0.2) is 62.0 Å². The first kappa shape index (κ1) is 24.8. The molecule has 1 fully saturated rings. The zero-order valence-electron chi connectivity index (χ0n) is 18.6. The summed E-state index contributed by atoms with van der Waals surface area (Å²) in [7, 11) is 0. The Morgan fingerprint density at radius 3 is 2.67 bits per heavy atom. The van der Waals surface area contributed by atoms with Crippen molar-refractivity contribution in [2.75, 3.05) is 46.1 Å². The molecule has 1 aliphatic heterocycles. The Morgan fingerprint density at radius 2 is 1.97 bits per heavy atom. The summed E-state index contributed by atoms with van der Waals surface area (Å²) in [5, 5.41) is 8.75. The summed E-state index contributed by atoms with van der Waals surface area (Å²) in [6, 6.07) is 13.5. The van der Waals surface area contributed by atoms with E-state index in [2.05, 4.69) is 50.9 Å². The molecule has 0 amide bonds. The molecule has 1 unspecified atom stereocenters. The molecular formula is C26H28BrNO5. The van der Waals surface area contributed by atoms with Gasteiger partial charge in [-0.1, -0.05) is 46.0 Å². The number of carboxylic acids is 1. The molecule has 0 bridgehead atoms. The zero-order chi connectivity index (χ0) is 23.5. The van der Waals surface area contributed by atoms with Crippen LogP contribution in [0.15, 0.2) is 59.1 Å². The predicted octanol–water partition coefficient (Wildman–Crippen LogP) is 4.28. The molecule has 0 radical (unpaired) electrons. The molecule has 1 aliphatic rings. The molecule has 3 rings (SSSR count). The molecule has 0 aromatic heterocycles. The summed E-state index contributed by atoms with van der Waals surface area (Å²) in [6.07, 6.45) is 4.03. The van der Waals surface area contributed by atoms with E-state index in [1.807, 2.05) is 31.2 Å². The standard InChI is InChI=1S/C26H28BrNO5/c1-20-18-24(10-11-25(20)33-19-26(29)30)32-15-3-5-21(22-6-8-23(27)9-7-22)4-2-12-28-13-16-31-17-14-28/h3,5-11,18,21H,12-17,19H2,1H3,(H,29,30)/b5-3-. The number of carbonyl (C=O) groups is 1. The number of allylic oxidation sites excluding steroid dienone is 1. The van der Waals surface area contributed by atoms with E-state index in [9.17, 15) is 4.79 Å². The van der Waals surface area contributed by atoms with Crippen LogP contribution >= 0.6 is 15.9 Å². The van der Waals surface area contributed by atoms with Crippen molar-refractivity contribution in [2.45, 2.75) is 12.8 Å². The van der Waals surface area contributed by atoms with Crippen molar-refractivity contribution >= 4 is 21.9 Å². The molecule has 1 N–H and O–H groups in total. The van der Waals surface area contributed by atoms with Crippen molar-refractivity contribution in [1.29, 1.82) is 0 Å². The highest BCUT2D eigenvalue weighted by Gasteiger charge is 2.09. The summed E-state index contributed by atoms with van der Waals surface area (Å²) >= 11 is 3.49. The first-order valence-corrected chi connectivity index (χ1v) is 11.6. The van der Waals surface area contributed by atoms with Crippen LogP contribution < -0.4 is 9.47 Å². The van der Waals surface area contributed by atoms with Crippen molar-refractivity contribution in [2.24, 2.45) is 0 Å². The van der Waals surface area contributed by atoms with E-state index < -0.39 is 5.97 Å². The van der Waals surface area contributed by atoms with Gasteiger partial charge in [-0.3, -0.25) is 4.90 Å². The van der Waals surface area contributed by atoms with Crippen LogP contribution in [0.2, 0.25) is 0 Å². The van der Waals surface area contributed by atoms with E-state index in [-0.39, 0.29) is 12.5 Å². The van der Waals surface area contributed by atoms with Crippen LogP contribution in [0.5, 0.6) is 11.5 Å². The second-order valence-electron chi connectivity index (χ2n) is 7.59. The molecule has 0 saturated carbocycles. The Kier molecular flexibility index (Phi) is 9.82. The van der Waals surface area contributed by atoms with Crippen LogP contribution in [0.25, 0.3) is 0 Å². The van der Waals surface area contributed by atoms with Crippen LogP contribution in [0.4, 0.5) is 0 Å². The van der Waals surface area contributed by atoms with Crippen LogP contribution in [0.1, 0.15) is 17.0 Å². The zero-order valence-corrected chi connectivity index (χ0v) is 20.2. The van der Waals surface area contributed by atoms with Gasteiger partial charge < -0.3 is 19.3 Å². The summed E-state index contributed by atoms with van der Waals surface area (Å²) in [5.41, 5.74) is 1.94. The molecule has 1 atom stereocenters. The fraction of sp³-hybridized carbons (Fsp3) is 0.346. The summed E-state index contributed by atoms with van der Waals surface area (Å²) in [6.45, 7) is 5.98. The molecular weight excluding hydrogens is 486 g/mol. The number of morpholine rings is 1. The van der Waals surface area contributed by atoms with Crippen molar-refractivity contribution in [1.82, 2.24) is 4.90 Å². The molecule has 174 valence electrons. The Bertz CT molecular complexity index is 1000. The van der Waals surface area contributed by atoms with Crippen LogP contribution in [0.3, 0.4) is 0 Å². The highest BCUT2D eigenvalue weighted by atomic mass is 79.9. The molecule has 6 nitrogen and oxygen atoms in total. The minimum Gasteiger partial charge on any atom is -0.490 e. The number of nitrogens with zero attached hydrogens (tertiary/aromatic N) is 1. The molecule has 1 saturated heterocycles. The van der Waals surface area contributed by atoms with Gasteiger partial charge in [0.15, 0.2) is 6.61 Å². The number of benzene rings is 2. The fourth-order valence-electron chi connectivity index (χ4n) is 3.29. The van der Waals surface area contributed by atoms with Gasteiger partial charge in [-0.2, -0.15) is 0 Å². The maximum atomic E-state index is 10.7. The van der Waals surface area contributed by atoms with Crippen molar-refractivity contribution < 1.29 is 24.1 Å². The normalized spacial score (nSPS) is 15.0. The highest BCUT2D eigenvalue weighted by Crippen LogP contribution is 2.24. The van der Waals surface area contributed by atoms with E-state index in [1.54, 1.807) is 12.1 Å². The van der Waals surface area contributed by atoms with Gasteiger partial charge in [-0.15, -0.1) is 0 Å². The highest BCUT2D eigenvalue weighted by molar-refractivity contribution is 9.10. The van der Waals surface area contributed by atoms with Gasteiger partial charge in [0.05, 0.1) is 25.7 Å². The second kappa shape index (κ2) is 13.0. The molecule has 1 heterocycles. The number of hydrogen-bond donors (Lipinski definition) is 1. The summed E-state index contributed by atoms with van der Waals surface area (Å²) < 4.78 is 17.5. The predicted molar refractivity (Wildman–Crippen MR) is 131 cm³/mol. The summed E-state index contributed by atoms with van der Waals surface area (Å²) in [4.78, 5) is 13.0. The number of carboxylic acid groups (broad SMARTS) is 1. The fourth-order valence-corrected chi connectivity index (χ4v) is 3.55. The van der Waals surface area contributed by atoms with E-state index in [4.69, 9.17) is 19.3 Å². The van der Waals surface area contributed by atoms with Crippen molar-refractivity contribution in [3.63, 3.8) is 0 Å². The largest absolute Gasteiger partial charge is 0.490 e. The summed E-state index contributed by atoms with van der Waals surface area (Å²) in [5.74, 6) is 6.90. The lowest BCUT2D eigenvalue weighted by Gasteiger charge is -2.24. The number of hydrogen-bond acceptors (Lipinski definition) is 5. The number of aryl methyl sites for hydroxylation is 1. The monoisotopic (exact) mass is 513 g/mol. The Hall–Kier alpha value is -2.79.